The Balaban J connectivity index is 1.76. The molecule has 1 aliphatic heterocycles. The molecule has 0 aliphatic carbocycles. The standard InChI is InChI=1S/C17H20IN3O4S/c1-11-16(12(2)25-20-11)26(23,24)21-8-4-5-13(10-21)17(22)19-15-7-3-6-14(18)9-15/h3,6-7,9,13H,4-5,8,10H2,1-2H3,(H,19,22). The fraction of sp³-hybridized carbons (Fsp3) is 0.412. The monoisotopic (exact) mass is 489 g/mol. The molecule has 1 aliphatic rings. The average Bonchev–Trinajstić information content (AvgIpc) is 2.94. The van der Waals surface area contributed by atoms with Crippen molar-refractivity contribution in [1.82, 2.24) is 9.46 Å². The third-order valence-corrected chi connectivity index (χ3v) is 7.19. The fourth-order valence-electron chi connectivity index (χ4n) is 3.16. The Bertz CT molecular complexity index is 906. The Labute approximate surface area is 166 Å². The van der Waals surface area contributed by atoms with Crippen molar-refractivity contribution in [3.8, 4) is 0 Å². The molecule has 2 heterocycles. The van der Waals surface area contributed by atoms with Crippen molar-refractivity contribution < 1.29 is 17.7 Å². The molecule has 0 radical (unpaired) electrons. The molecule has 3 rings (SSSR count). The second-order valence-corrected chi connectivity index (χ2v) is 9.48. The smallest absolute Gasteiger partial charge is 0.248 e. The highest BCUT2D eigenvalue weighted by molar-refractivity contribution is 14.1. The van der Waals surface area contributed by atoms with Crippen LogP contribution in [0.15, 0.2) is 33.7 Å². The third kappa shape index (κ3) is 3.94. The Morgan fingerprint density at radius 1 is 1.38 bits per heavy atom. The number of amides is 1. The molecule has 1 aromatic heterocycles. The molecule has 0 spiro atoms. The van der Waals surface area contributed by atoms with E-state index in [2.05, 4.69) is 33.1 Å². The van der Waals surface area contributed by atoms with Crippen LogP contribution in [-0.4, -0.2) is 36.9 Å². The van der Waals surface area contributed by atoms with Crippen molar-refractivity contribution in [2.75, 3.05) is 18.4 Å². The van der Waals surface area contributed by atoms with Crippen LogP contribution < -0.4 is 5.32 Å². The summed E-state index contributed by atoms with van der Waals surface area (Å²) in [6, 6.07) is 7.50. The highest BCUT2D eigenvalue weighted by atomic mass is 127. The van der Waals surface area contributed by atoms with Crippen molar-refractivity contribution in [1.29, 1.82) is 0 Å². The van der Waals surface area contributed by atoms with Gasteiger partial charge in [-0.1, -0.05) is 11.2 Å². The Morgan fingerprint density at radius 2 is 2.15 bits per heavy atom. The van der Waals surface area contributed by atoms with Gasteiger partial charge in [-0.25, -0.2) is 8.42 Å². The van der Waals surface area contributed by atoms with Crippen molar-refractivity contribution >= 4 is 44.2 Å². The van der Waals surface area contributed by atoms with Gasteiger partial charge in [0.1, 0.15) is 10.6 Å². The number of hydrogen-bond acceptors (Lipinski definition) is 5. The largest absolute Gasteiger partial charge is 0.360 e. The van der Waals surface area contributed by atoms with Gasteiger partial charge in [0.15, 0.2) is 5.76 Å². The molecule has 1 unspecified atom stereocenters. The minimum atomic E-state index is -3.73. The number of carbonyl (C=O) groups is 1. The number of halogens is 1. The summed E-state index contributed by atoms with van der Waals surface area (Å²) in [5, 5.41) is 6.62. The van der Waals surface area contributed by atoms with E-state index in [4.69, 9.17) is 4.52 Å². The number of piperidine rings is 1. The quantitative estimate of drug-likeness (QED) is 0.667. The molecule has 1 saturated heterocycles. The Kier molecular flexibility index (Phi) is 5.68. The number of sulfonamides is 1. The number of nitrogens with one attached hydrogen (secondary N) is 1. The third-order valence-electron chi connectivity index (χ3n) is 4.41. The minimum Gasteiger partial charge on any atom is -0.360 e. The molecule has 26 heavy (non-hydrogen) atoms. The fourth-order valence-corrected chi connectivity index (χ4v) is 5.52. The number of hydrogen-bond donors (Lipinski definition) is 1. The van der Waals surface area contributed by atoms with Gasteiger partial charge in [0.05, 0.1) is 5.92 Å². The van der Waals surface area contributed by atoms with E-state index >= 15 is 0 Å². The summed E-state index contributed by atoms with van der Waals surface area (Å²) >= 11 is 2.18. The molecule has 0 saturated carbocycles. The molecule has 1 N–H and O–H groups in total. The van der Waals surface area contributed by atoms with Crippen LogP contribution in [0.1, 0.15) is 24.3 Å². The van der Waals surface area contributed by atoms with Crippen molar-refractivity contribution in [2.24, 2.45) is 5.92 Å². The molecular weight excluding hydrogens is 469 g/mol. The highest BCUT2D eigenvalue weighted by Crippen LogP contribution is 2.28. The van der Waals surface area contributed by atoms with E-state index in [0.717, 1.165) is 3.57 Å². The van der Waals surface area contributed by atoms with Crippen LogP contribution in [0.3, 0.4) is 0 Å². The van der Waals surface area contributed by atoms with Gasteiger partial charge < -0.3 is 9.84 Å². The minimum absolute atomic E-state index is 0.108. The molecule has 2 aromatic rings. The first-order valence-electron chi connectivity index (χ1n) is 8.28. The summed E-state index contributed by atoms with van der Waals surface area (Å²) in [7, 11) is -3.73. The molecule has 1 amide bonds. The SMILES string of the molecule is Cc1noc(C)c1S(=O)(=O)N1CCCC(C(=O)Nc2cccc(I)c2)C1. The van der Waals surface area contributed by atoms with Crippen LogP contribution in [0.4, 0.5) is 5.69 Å². The van der Waals surface area contributed by atoms with Crippen molar-refractivity contribution in [2.45, 2.75) is 31.6 Å². The molecule has 1 aromatic carbocycles. The molecule has 140 valence electrons. The first kappa shape index (κ1) is 19.3. The van der Waals surface area contributed by atoms with Crippen LogP contribution in [0.2, 0.25) is 0 Å². The van der Waals surface area contributed by atoms with E-state index in [1.807, 2.05) is 24.3 Å². The summed E-state index contributed by atoms with van der Waals surface area (Å²) in [5.74, 6) is -0.282. The van der Waals surface area contributed by atoms with Gasteiger partial charge in [-0.3, -0.25) is 4.79 Å². The van der Waals surface area contributed by atoms with E-state index in [-0.39, 0.29) is 23.1 Å². The van der Waals surface area contributed by atoms with Crippen LogP contribution in [-0.2, 0) is 14.8 Å². The normalized spacial score (nSPS) is 18.7. The molecule has 7 nitrogen and oxygen atoms in total. The van der Waals surface area contributed by atoms with Crippen molar-refractivity contribution in [3.05, 3.63) is 39.3 Å². The van der Waals surface area contributed by atoms with E-state index in [9.17, 15) is 13.2 Å². The summed E-state index contributed by atoms with van der Waals surface area (Å²) in [4.78, 5) is 12.7. The van der Waals surface area contributed by atoms with E-state index in [1.165, 1.54) is 4.31 Å². The van der Waals surface area contributed by atoms with Gasteiger partial charge in [-0.15, -0.1) is 0 Å². The Hall–Kier alpha value is -1.46. The summed E-state index contributed by atoms with van der Waals surface area (Å²) in [6.07, 6.45) is 1.29. The predicted octanol–water partition coefficient (Wildman–Crippen LogP) is 2.94. The zero-order chi connectivity index (χ0) is 18.9. The number of aromatic nitrogens is 1. The molecule has 9 heteroatoms. The van der Waals surface area contributed by atoms with E-state index < -0.39 is 15.9 Å². The van der Waals surface area contributed by atoms with Crippen LogP contribution in [0.25, 0.3) is 0 Å². The lowest BCUT2D eigenvalue weighted by atomic mass is 9.99. The van der Waals surface area contributed by atoms with Gasteiger partial charge in [-0.2, -0.15) is 4.31 Å². The van der Waals surface area contributed by atoms with Gasteiger partial charge in [0.25, 0.3) is 0 Å². The zero-order valence-electron chi connectivity index (χ0n) is 14.5. The molecule has 1 fully saturated rings. The topological polar surface area (TPSA) is 92.5 Å². The van der Waals surface area contributed by atoms with E-state index in [1.54, 1.807) is 13.8 Å². The van der Waals surface area contributed by atoms with Gasteiger partial charge >= 0.3 is 0 Å². The maximum absolute atomic E-state index is 13.0. The second-order valence-electron chi connectivity index (χ2n) is 6.36. The summed E-state index contributed by atoms with van der Waals surface area (Å²) < 4.78 is 33.3. The summed E-state index contributed by atoms with van der Waals surface area (Å²) in [5.41, 5.74) is 1.06. The maximum Gasteiger partial charge on any atom is 0.248 e. The average molecular weight is 489 g/mol. The number of anilines is 1. The first-order valence-corrected chi connectivity index (χ1v) is 10.8. The number of aryl methyl sites for hydroxylation is 2. The lowest BCUT2D eigenvalue weighted by molar-refractivity contribution is -0.120. The highest BCUT2D eigenvalue weighted by Gasteiger charge is 2.36. The van der Waals surface area contributed by atoms with Gasteiger partial charge in [0.2, 0.25) is 15.9 Å². The predicted molar refractivity (Wildman–Crippen MR) is 105 cm³/mol. The zero-order valence-corrected chi connectivity index (χ0v) is 17.5. The number of benzene rings is 1. The summed E-state index contributed by atoms with van der Waals surface area (Å²) in [6.45, 7) is 3.73. The lowest BCUT2D eigenvalue weighted by Gasteiger charge is -2.31. The second kappa shape index (κ2) is 7.65. The first-order chi connectivity index (χ1) is 12.3. The van der Waals surface area contributed by atoms with Crippen LogP contribution in [0.5, 0.6) is 0 Å². The van der Waals surface area contributed by atoms with Crippen molar-refractivity contribution in [3.63, 3.8) is 0 Å². The van der Waals surface area contributed by atoms with Gasteiger partial charge in [-0.05, 0) is 67.5 Å². The number of carbonyl (C=O) groups excluding carboxylic acids is 1. The number of nitrogens with zero attached hydrogens (tertiary/aromatic N) is 2. The molecular formula is C17H20IN3O4S. The molecule has 0 bridgehead atoms. The van der Waals surface area contributed by atoms with Crippen LogP contribution >= 0.6 is 22.6 Å². The maximum atomic E-state index is 13.0. The van der Waals surface area contributed by atoms with Crippen LogP contribution in [0, 0.1) is 23.3 Å². The number of rotatable bonds is 4. The van der Waals surface area contributed by atoms with E-state index in [0.29, 0.717) is 30.8 Å². The molecule has 1 atom stereocenters. The Morgan fingerprint density at radius 3 is 2.81 bits per heavy atom. The lowest BCUT2D eigenvalue weighted by Crippen LogP contribution is -2.43. The van der Waals surface area contributed by atoms with Gasteiger partial charge in [0, 0.05) is 22.3 Å².